The van der Waals surface area contributed by atoms with Gasteiger partial charge in [0.15, 0.2) is 15.6 Å². The Morgan fingerprint density at radius 1 is 1.27 bits per heavy atom. The molecule has 78 valence electrons. The van der Waals surface area contributed by atoms with Gasteiger partial charge in [0, 0.05) is 5.56 Å². The van der Waals surface area contributed by atoms with Crippen LogP contribution < -0.4 is 5.46 Å². The first kappa shape index (κ1) is 10.3. The lowest BCUT2D eigenvalue weighted by molar-refractivity contribution is 0.102. The first-order valence-corrected chi connectivity index (χ1v) is 5.83. The van der Waals surface area contributed by atoms with E-state index in [0.29, 0.717) is 0 Å². The second-order valence-corrected chi connectivity index (χ2v) is 5.27. The molecule has 2 rings (SSSR count). The second-order valence-electron chi connectivity index (χ2n) is 3.31. The highest BCUT2D eigenvalue weighted by molar-refractivity contribution is 7.92. The van der Waals surface area contributed by atoms with Crippen molar-refractivity contribution >= 4 is 28.2 Å². The summed E-state index contributed by atoms with van der Waals surface area (Å²) in [5, 5.41) is 17.7. The average Bonchev–Trinajstić information content (AvgIpc) is 2.37. The molecule has 7 heteroatoms. The monoisotopic (exact) mass is 226 g/mol. The molecule has 0 bridgehead atoms. The lowest BCUT2D eigenvalue weighted by atomic mass is 9.79. The zero-order chi connectivity index (χ0) is 11.2. The molecule has 1 aliphatic rings. The molecule has 0 saturated heterocycles. The van der Waals surface area contributed by atoms with Crippen molar-refractivity contribution in [2.75, 3.05) is 5.75 Å². The van der Waals surface area contributed by atoms with Crippen LogP contribution in [-0.2, 0) is 9.84 Å². The Hall–Kier alpha value is -1.18. The SMILES string of the molecule is O=C1CS(=O)(=O)c2ccc(B(O)O)cc21. The number of benzene rings is 1. The van der Waals surface area contributed by atoms with Crippen LogP contribution in [0.1, 0.15) is 10.4 Å². The Labute approximate surface area is 86.4 Å². The molecule has 2 N–H and O–H groups in total. The predicted octanol–water partition coefficient (Wildman–Crippen LogP) is -1.66. The molecular weight excluding hydrogens is 219 g/mol. The Kier molecular flexibility index (Phi) is 2.18. The lowest BCUT2D eigenvalue weighted by Gasteiger charge is -2.01. The molecule has 0 radical (unpaired) electrons. The third kappa shape index (κ3) is 1.58. The van der Waals surface area contributed by atoms with Gasteiger partial charge >= 0.3 is 7.12 Å². The normalized spacial score (nSPS) is 17.6. The van der Waals surface area contributed by atoms with Crippen molar-refractivity contribution in [2.24, 2.45) is 0 Å². The van der Waals surface area contributed by atoms with E-state index in [-0.39, 0.29) is 15.9 Å². The van der Waals surface area contributed by atoms with Gasteiger partial charge in [-0.05, 0) is 11.5 Å². The minimum Gasteiger partial charge on any atom is -0.423 e. The summed E-state index contributed by atoms with van der Waals surface area (Å²) in [6, 6.07) is 3.71. The second kappa shape index (κ2) is 3.16. The van der Waals surface area contributed by atoms with E-state index in [9.17, 15) is 13.2 Å². The first-order valence-electron chi connectivity index (χ1n) is 4.18. The zero-order valence-electron chi connectivity index (χ0n) is 7.54. The number of rotatable bonds is 1. The third-order valence-electron chi connectivity index (χ3n) is 2.26. The molecule has 1 aromatic carbocycles. The highest BCUT2D eigenvalue weighted by Crippen LogP contribution is 2.24. The number of hydrogen-bond acceptors (Lipinski definition) is 5. The molecule has 1 aliphatic heterocycles. The topological polar surface area (TPSA) is 91.7 Å². The third-order valence-corrected chi connectivity index (χ3v) is 3.93. The summed E-state index contributed by atoms with van der Waals surface area (Å²) in [4.78, 5) is 11.3. The van der Waals surface area contributed by atoms with Crippen LogP contribution in [0.25, 0.3) is 0 Å². The van der Waals surface area contributed by atoms with Crippen LogP contribution in [0.15, 0.2) is 23.1 Å². The van der Waals surface area contributed by atoms with Crippen LogP contribution >= 0.6 is 0 Å². The summed E-state index contributed by atoms with van der Waals surface area (Å²) in [6.07, 6.45) is 0. The van der Waals surface area contributed by atoms with Crippen LogP contribution in [-0.4, -0.2) is 37.1 Å². The van der Waals surface area contributed by atoms with Gasteiger partial charge in [0.05, 0.1) is 4.90 Å². The maximum absolute atomic E-state index is 11.4. The van der Waals surface area contributed by atoms with E-state index < -0.39 is 28.5 Å². The zero-order valence-corrected chi connectivity index (χ0v) is 8.36. The number of sulfone groups is 1. The quantitative estimate of drug-likeness (QED) is 0.559. The van der Waals surface area contributed by atoms with Crippen molar-refractivity contribution in [1.29, 1.82) is 0 Å². The maximum Gasteiger partial charge on any atom is 0.488 e. The molecule has 0 spiro atoms. The van der Waals surface area contributed by atoms with Gasteiger partial charge in [0.25, 0.3) is 0 Å². The van der Waals surface area contributed by atoms with Gasteiger partial charge in [-0.2, -0.15) is 0 Å². The molecule has 1 heterocycles. The van der Waals surface area contributed by atoms with Crippen LogP contribution in [0.3, 0.4) is 0 Å². The van der Waals surface area contributed by atoms with Crippen LogP contribution in [0.2, 0.25) is 0 Å². The number of fused-ring (bicyclic) bond motifs is 1. The van der Waals surface area contributed by atoms with Gasteiger partial charge < -0.3 is 10.0 Å². The Morgan fingerprint density at radius 3 is 2.53 bits per heavy atom. The van der Waals surface area contributed by atoms with Crippen molar-refractivity contribution in [3.05, 3.63) is 23.8 Å². The van der Waals surface area contributed by atoms with Crippen molar-refractivity contribution < 1.29 is 23.3 Å². The van der Waals surface area contributed by atoms with Crippen molar-refractivity contribution in [2.45, 2.75) is 4.90 Å². The first-order chi connectivity index (χ1) is 6.92. The average molecular weight is 226 g/mol. The number of Topliss-reactive ketones (excluding diaryl/α,β-unsaturated/α-hetero) is 1. The fourth-order valence-corrected chi connectivity index (χ4v) is 2.96. The van der Waals surface area contributed by atoms with E-state index in [4.69, 9.17) is 10.0 Å². The molecule has 0 amide bonds. The van der Waals surface area contributed by atoms with Gasteiger partial charge in [-0.15, -0.1) is 0 Å². The molecule has 0 atom stereocenters. The number of ketones is 1. The predicted molar refractivity (Wildman–Crippen MR) is 52.7 cm³/mol. The van der Waals surface area contributed by atoms with Gasteiger partial charge in [0.2, 0.25) is 0 Å². The smallest absolute Gasteiger partial charge is 0.423 e. The molecule has 0 saturated carbocycles. The number of carbonyl (C=O) groups is 1. The van der Waals surface area contributed by atoms with Gasteiger partial charge in [-0.25, -0.2) is 8.42 Å². The molecule has 0 aliphatic carbocycles. The highest BCUT2D eigenvalue weighted by Gasteiger charge is 2.33. The van der Waals surface area contributed by atoms with E-state index in [2.05, 4.69) is 0 Å². The Balaban J connectivity index is 2.66. The Morgan fingerprint density at radius 2 is 1.93 bits per heavy atom. The van der Waals surface area contributed by atoms with Crippen LogP contribution in [0.4, 0.5) is 0 Å². The van der Waals surface area contributed by atoms with E-state index in [1.807, 2.05) is 0 Å². The summed E-state index contributed by atoms with van der Waals surface area (Å²) in [7, 11) is -5.21. The molecular formula is C8H7BO5S. The fraction of sp³-hybridized carbons (Fsp3) is 0.125. The summed E-state index contributed by atoms with van der Waals surface area (Å²) >= 11 is 0. The van der Waals surface area contributed by atoms with E-state index in [1.165, 1.54) is 18.2 Å². The highest BCUT2D eigenvalue weighted by atomic mass is 32.2. The molecule has 0 unspecified atom stereocenters. The van der Waals surface area contributed by atoms with E-state index >= 15 is 0 Å². The molecule has 15 heavy (non-hydrogen) atoms. The summed E-state index contributed by atoms with van der Waals surface area (Å²) < 4.78 is 22.8. The minimum absolute atomic E-state index is 0.0306. The van der Waals surface area contributed by atoms with Gasteiger partial charge in [-0.3, -0.25) is 4.79 Å². The molecule has 0 fully saturated rings. The maximum atomic E-state index is 11.4. The molecule has 5 nitrogen and oxygen atoms in total. The van der Waals surface area contributed by atoms with Gasteiger partial charge in [-0.1, -0.05) is 12.1 Å². The van der Waals surface area contributed by atoms with Crippen LogP contribution in [0, 0.1) is 0 Å². The number of carbonyl (C=O) groups excluding carboxylic acids is 1. The molecule has 0 aromatic heterocycles. The Bertz CT molecular complexity index is 534. The lowest BCUT2D eigenvalue weighted by Crippen LogP contribution is -2.30. The summed E-state index contributed by atoms with van der Waals surface area (Å²) in [5.74, 6) is -1.04. The standard InChI is InChI=1S/C8H7BO5S/c10-7-4-15(13,14)8-2-1-5(9(11)12)3-6(7)8/h1-3,11-12H,4H2. The minimum atomic E-state index is -3.51. The van der Waals surface area contributed by atoms with Crippen LogP contribution in [0.5, 0.6) is 0 Å². The number of hydrogen-bond donors (Lipinski definition) is 2. The van der Waals surface area contributed by atoms with Crippen molar-refractivity contribution in [3.63, 3.8) is 0 Å². The van der Waals surface area contributed by atoms with E-state index in [0.717, 1.165) is 0 Å². The summed E-state index contributed by atoms with van der Waals surface area (Å²) in [6.45, 7) is 0. The largest absolute Gasteiger partial charge is 0.488 e. The van der Waals surface area contributed by atoms with E-state index in [1.54, 1.807) is 0 Å². The van der Waals surface area contributed by atoms with Gasteiger partial charge in [0.1, 0.15) is 5.75 Å². The van der Waals surface area contributed by atoms with Crippen molar-refractivity contribution in [3.8, 4) is 0 Å². The fourth-order valence-electron chi connectivity index (χ4n) is 1.53. The molecule has 1 aromatic rings. The summed E-state index contributed by atoms with van der Waals surface area (Å²) in [5.41, 5.74) is 0.153. The van der Waals surface area contributed by atoms with Crippen molar-refractivity contribution in [1.82, 2.24) is 0 Å².